The summed E-state index contributed by atoms with van der Waals surface area (Å²) in [5, 5.41) is 0. The van der Waals surface area contributed by atoms with E-state index in [1.165, 1.54) is 167 Å². The highest BCUT2D eigenvalue weighted by Crippen LogP contribution is 2.16. The summed E-state index contributed by atoms with van der Waals surface area (Å²) in [5.41, 5.74) is 0. The molecule has 0 aliphatic heterocycles. The van der Waals surface area contributed by atoms with Crippen LogP contribution in [0, 0.1) is 0 Å². The minimum Gasteiger partial charge on any atom is -0.462 e. The number of carbonyl (C=O) groups is 3. The molecule has 0 radical (unpaired) electrons. The lowest BCUT2D eigenvalue weighted by molar-refractivity contribution is -0.167. The molecular weight excluding hydrogens is 1020 g/mol. The topological polar surface area (TPSA) is 78.9 Å². The van der Waals surface area contributed by atoms with Crippen LogP contribution in [0.3, 0.4) is 0 Å². The van der Waals surface area contributed by atoms with Crippen LogP contribution in [0.25, 0.3) is 0 Å². The highest BCUT2D eigenvalue weighted by Gasteiger charge is 2.19. The van der Waals surface area contributed by atoms with E-state index in [-0.39, 0.29) is 31.1 Å². The molecule has 0 saturated heterocycles. The lowest BCUT2D eigenvalue weighted by Gasteiger charge is -2.18. The van der Waals surface area contributed by atoms with E-state index in [2.05, 4.69) is 142 Å². The molecule has 6 nitrogen and oxygen atoms in total. The Labute approximate surface area is 513 Å². The van der Waals surface area contributed by atoms with Gasteiger partial charge in [0, 0.05) is 19.3 Å². The van der Waals surface area contributed by atoms with Crippen LogP contribution in [0.2, 0.25) is 0 Å². The fraction of sp³-hybridized carbons (Fsp3) is 0.701. The second kappa shape index (κ2) is 70.3. The third-order valence-electron chi connectivity index (χ3n) is 14.9. The Morgan fingerprint density at radius 2 is 0.470 bits per heavy atom. The van der Waals surface area contributed by atoms with Crippen molar-refractivity contribution in [3.05, 3.63) is 122 Å². The number of allylic oxidation sites excluding steroid dienone is 20. The lowest BCUT2D eigenvalue weighted by atomic mass is 10.1. The standard InChI is InChI=1S/C77H130O6/c1-4-7-10-13-16-19-22-25-28-31-34-37-38-41-43-46-49-52-55-58-61-64-67-70-76(79)82-73-74(83-77(80)71-68-65-62-59-56-53-50-47-44-40-36-33-30-27-24-21-18-15-12-9-6-3)72-81-75(78)69-66-63-60-57-54-51-48-45-42-39-35-32-29-26-23-20-17-14-11-8-5-2/h7,9-10,12,16,18-19,21,23,25-28,30,32,34-37,40,74H,4-6,8,11,13-15,17,20,22,24,29,31,33,38-39,41-73H2,1-3H3/b10-7-,12-9-,19-16-,21-18-,26-23-,28-25-,30-27-,35-32-,37-34-,40-36-. The van der Waals surface area contributed by atoms with Gasteiger partial charge in [-0.05, 0) is 128 Å². The van der Waals surface area contributed by atoms with Crippen LogP contribution in [0.15, 0.2) is 122 Å². The second-order valence-corrected chi connectivity index (χ2v) is 23.0. The monoisotopic (exact) mass is 1150 g/mol. The van der Waals surface area contributed by atoms with Crippen molar-refractivity contribution in [3.8, 4) is 0 Å². The molecule has 6 heteroatoms. The van der Waals surface area contributed by atoms with E-state index in [0.29, 0.717) is 19.3 Å². The molecule has 0 heterocycles. The van der Waals surface area contributed by atoms with Gasteiger partial charge in [0.15, 0.2) is 6.10 Å². The lowest BCUT2D eigenvalue weighted by Crippen LogP contribution is -2.30. The first kappa shape index (κ1) is 78.8. The van der Waals surface area contributed by atoms with E-state index in [0.717, 1.165) is 122 Å². The van der Waals surface area contributed by atoms with Gasteiger partial charge in [0.2, 0.25) is 0 Å². The van der Waals surface area contributed by atoms with Gasteiger partial charge in [-0.2, -0.15) is 0 Å². The van der Waals surface area contributed by atoms with Crippen LogP contribution in [-0.4, -0.2) is 37.2 Å². The van der Waals surface area contributed by atoms with Crippen molar-refractivity contribution < 1.29 is 28.6 Å². The zero-order valence-corrected chi connectivity index (χ0v) is 54.4. The van der Waals surface area contributed by atoms with Crippen LogP contribution in [0.5, 0.6) is 0 Å². The summed E-state index contributed by atoms with van der Waals surface area (Å²) in [5.74, 6) is -0.890. The highest BCUT2D eigenvalue weighted by atomic mass is 16.6. The number of esters is 3. The van der Waals surface area contributed by atoms with Gasteiger partial charge in [0.05, 0.1) is 0 Å². The molecule has 83 heavy (non-hydrogen) atoms. The Kier molecular flexibility index (Phi) is 66.7. The molecule has 0 saturated carbocycles. The maximum atomic E-state index is 13.0. The fourth-order valence-corrected chi connectivity index (χ4v) is 9.75. The SMILES string of the molecule is CC/C=C\C/C=C\C/C=C\C/C=C\CCCCCCCCCCCCC(=O)OCC(COC(=O)CCCCCCCCCCC/C=C\C/C=C\CCCCCCC)OC(=O)CCCCCCCCCC/C=C\C/C=C\C/C=C\C/C=C\CC. The summed E-state index contributed by atoms with van der Waals surface area (Å²) in [6.07, 6.45) is 97.8. The molecule has 1 atom stereocenters. The van der Waals surface area contributed by atoms with Crippen LogP contribution in [-0.2, 0) is 28.6 Å². The first-order valence-electron chi connectivity index (χ1n) is 35.0. The van der Waals surface area contributed by atoms with Crippen molar-refractivity contribution in [2.75, 3.05) is 13.2 Å². The molecule has 0 N–H and O–H groups in total. The van der Waals surface area contributed by atoms with Crippen LogP contribution < -0.4 is 0 Å². The third-order valence-corrected chi connectivity index (χ3v) is 14.9. The van der Waals surface area contributed by atoms with E-state index in [9.17, 15) is 14.4 Å². The number of ether oxygens (including phenoxy) is 3. The molecule has 0 spiro atoms. The smallest absolute Gasteiger partial charge is 0.306 e. The van der Waals surface area contributed by atoms with Crippen LogP contribution in [0.4, 0.5) is 0 Å². The fourth-order valence-electron chi connectivity index (χ4n) is 9.75. The highest BCUT2D eigenvalue weighted by molar-refractivity contribution is 5.71. The zero-order valence-electron chi connectivity index (χ0n) is 54.4. The first-order valence-corrected chi connectivity index (χ1v) is 35.0. The zero-order chi connectivity index (χ0) is 59.9. The summed E-state index contributed by atoms with van der Waals surface area (Å²) in [4.78, 5) is 38.5. The van der Waals surface area contributed by atoms with Crippen molar-refractivity contribution in [1.82, 2.24) is 0 Å². The van der Waals surface area contributed by atoms with Gasteiger partial charge in [-0.1, -0.05) is 303 Å². The Bertz CT molecular complexity index is 1700. The van der Waals surface area contributed by atoms with E-state index < -0.39 is 6.10 Å². The summed E-state index contributed by atoms with van der Waals surface area (Å²) >= 11 is 0. The Morgan fingerprint density at radius 1 is 0.253 bits per heavy atom. The minimum absolute atomic E-state index is 0.0858. The van der Waals surface area contributed by atoms with Crippen LogP contribution in [0.1, 0.15) is 329 Å². The average molecular weight is 1150 g/mol. The molecule has 0 aliphatic rings. The normalized spacial score (nSPS) is 12.9. The minimum atomic E-state index is -0.792. The summed E-state index contributed by atoms with van der Waals surface area (Å²) in [6, 6.07) is 0. The molecule has 474 valence electrons. The van der Waals surface area contributed by atoms with Gasteiger partial charge in [0.1, 0.15) is 13.2 Å². The number of carbonyl (C=O) groups excluding carboxylic acids is 3. The average Bonchev–Trinajstić information content (AvgIpc) is 3.49. The predicted molar refractivity (Wildman–Crippen MR) is 362 cm³/mol. The number of rotatable bonds is 63. The van der Waals surface area contributed by atoms with E-state index in [1.54, 1.807) is 0 Å². The van der Waals surface area contributed by atoms with Gasteiger partial charge >= 0.3 is 17.9 Å². The van der Waals surface area contributed by atoms with Crippen molar-refractivity contribution in [1.29, 1.82) is 0 Å². The molecule has 0 aromatic heterocycles. The summed E-state index contributed by atoms with van der Waals surface area (Å²) in [6.45, 7) is 6.43. The Balaban J connectivity index is 4.41. The number of unbranched alkanes of at least 4 members (excludes halogenated alkanes) is 32. The summed E-state index contributed by atoms with van der Waals surface area (Å²) in [7, 11) is 0. The quantitative estimate of drug-likeness (QED) is 0.0261. The largest absolute Gasteiger partial charge is 0.462 e. The van der Waals surface area contributed by atoms with E-state index >= 15 is 0 Å². The molecular formula is C77H130O6. The maximum Gasteiger partial charge on any atom is 0.306 e. The summed E-state index contributed by atoms with van der Waals surface area (Å²) < 4.78 is 17.0. The van der Waals surface area contributed by atoms with Crippen LogP contribution >= 0.6 is 0 Å². The second-order valence-electron chi connectivity index (χ2n) is 23.0. The Morgan fingerprint density at radius 3 is 0.735 bits per heavy atom. The molecule has 0 aromatic rings. The molecule has 0 rings (SSSR count). The van der Waals surface area contributed by atoms with Crippen molar-refractivity contribution >= 4 is 17.9 Å². The van der Waals surface area contributed by atoms with Crippen molar-refractivity contribution in [2.45, 2.75) is 335 Å². The van der Waals surface area contributed by atoms with E-state index in [4.69, 9.17) is 14.2 Å². The third kappa shape index (κ3) is 68.5. The number of hydrogen-bond donors (Lipinski definition) is 0. The molecule has 0 aromatic carbocycles. The Hall–Kier alpha value is -4.19. The molecule has 0 bridgehead atoms. The van der Waals surface area contributed by atoms with Gasteiger partial charge in [-0.25, -0.2) is 0 Å². The molecule has 1 unspecified atom stereocenters. The molecule has 0 amide bonds. The van der Waals surface area contributed by atoms with Gasteiger partial charge < -0.3 is 14.2 Å². The van der Waals surface area contributed by atoms with Crippen molar-refractivity contribution in [2.24, 2.45) is 0 Å². The maximum absolute atomic E-state index is 13.0. The first-order chi connectivity index (χ1) is 41.0. The van der Waals surface area contributed by atoms with Gasteiger partial charge in [-0.3, -0.25) is 14.4 Å². The van der Waals surface area contributed by atoms with Gasteiger partial charge in [-0.15, -0.1) is 0 Å². The van der Waals surface area contributed by atoms with Crippen molar-refractivity contribution in [3.63, 3.8) is 0 Å². The molecule has 0 aliphatic carbocycles. The number of hydrogen-bond acceptors (Lipinski definition) is 6. The molecule has 0 fully saturated rings. The predicted octanol–water partition coefficient (Wildman–Crippen LogP) is 24.3. The van der Waals surface area contributed by atoms with Gasteiger partial charge in [0.25, 0.3) is 0 Å². The van der Waals surface area contributed by atoms with E-state index in [1.807, 2.05) is 0 Å².